The van der Waals surface area contributed by atoms with Crippen LogP contribution >= 0.6 is 0 Å². The highest BCUT2D eigenvalue weighted by atomic mass is 16.5. The zero-order valence-corrected chi connectivity index (χ0v) is 11.0. The van der Waals surface area contributed by atoms with Crippen molar-refractivity contribution >= 4 is 0 Å². The molecule has 0 aromatic heterocycles. The van der Waals surface area contributed by atoms with Crippen LogP contribution in [0.25, 0.3) is 0 Å². The van der Waals surface area contributed by atoms with Crippen LogP contribution in [0.2, 0.25) is 0 Å². The lowest BCUT2D eigenvalue weighted by molar-refractivity contribution is 0.209. The second-order valence-electron chi connectivity index (χ2n) is 4.95. The highest BCUT2D eigenvalue weighted by Gasteiger charge is 2.23. The van der Waals surface area contributed by atoms with E-state index in [1.165, 1.54) is 24.9 Å². The Kier molecular flexibility index (Phi) is 4.43. The van der Waals surface area contributed by atoms with E-state index in [9.17, 15) is 0 Å². The average molecular weight is 233 g/mol. The van der Waals surface area contributed by atoms with Crippen molar-refractivity contribution in [2.75, 3.05) is 26.2 Å². The number of nitrogens with zero attached hydrogens (tertiary/aromatic N) is 1. The lowest BCUT2D eigenvalue weighted by Crippen LogP contribution is -2.30. The van der Waals surface area contributed by atoms with E-state index in [1.54, 1.807) is 0 Å². The number of ether oxygens (including phenoxy) is 1. The molecule has 0 heterocycles. The molecule has 0 atom stereocenters. The molecule has 2 nitrogen and oxygen atoms in total. The minimum Gasteiger partial charge on any atom is -0.492 e. The van der Waals surface area contributed by atoms with Crippen LogP contribution in [-0.4, -0.2) is 31.1 Å². The van der Waals surface area contributed by atoms with Crippen molar-refractivity contribution in [1.82, 2.24) is 4.90 Å². The highest BCUT2D eigenvalue weighted by Crippen LogP contribution is 2.29. The Morgan fingerprint density at radius 2 is 2.06 bits per heavy atom. The molecule has 0 spiro atoms. The van der Waals surface area contributed by atoms with Crippen LogP contribution in [0.3, 0.4) is 0 Å². The first-order valence-electron chi connectivity index (χ1n) is 6.70. The molecule has 0 unspecified atom stereocenters. The average Bonchev–Trinajstić information content (AvgIpc) is 3.14. The van der Waals surface area contributed by atoms with Gasteiger partial charge in [0.2, 0.25) is 0 Å². The molecular weight excluding hydrogens is 210 g/mol. The first-order valence-corrected chi connectivity index (χ1v) is 6.70. The van der Waals surface area contributed by atoms with Crippen LogP contribution < -0.4 is 4.74 Å². The maximum absolute atomic E-state index is 5.83. The maximum Gasteiger partial charge on any atom is 0.122 e. The molecule has 0 N–H and O–H groups in total. The Bertz CT molecular complexity index is 347. The van der Waals surface area contributed by atoms with Crippen molar-refractivity contribution in [3.8, 4) is 5.75 Å². The minimum atomic E-state index is 0.797. The molecule has 1 fully saturated rings. The normalized spacial score (nSPS) is 15.2. The fourth-order valence-corrected chi connectivity index (χ4v) is 2.05. The monoisotopic (exact) mass is 233 g/mol. The smallest absolute Gasteiger partial charge is 0.122 e. The largest absolute Gasteiger partial charge is 0.492 e. The predicted octanol–water partition coefficient (Wildman–Crippen LogP) is 3.11. The van der Waals surface area contributed by atoms with E-state index in [2.05, 4.69) is 24.8 Å². The predicted molar refractivity (Wildman–Crippen MR) is 71.5 cm³/mol. The molecule has 1 aromatic rings. The second kappa shape index (κ2) is 6.06. The van der Waals surface area contributed by atoms with Crippen LogP contribution in [0, 0.1) is 12.8 Å². The molecule has 1 aliphatic rings. The van der Waals surface area contributed by atoms with Crippen LogP contribution in [0.5, 0.6) is 5.75 Å². The summed E-state index contributed by atoms with van der Waals surface area (Å²) in [5.74, 6) is 1.99. The third-order valence-electron chi connectivity index (χ3n) is 3.42. The number of benzene rings is 1. The van der Waals surface area contributed by atoms with Gasteiger partial charge in [0.05, 0.1) is 0 Å². The van der Waals surface area contributed by atoms with Crippen LogP contribution in [0.1, 0.15) is 25.3 Å². The van der Waals surface area contributed by atoms with Crippen LogP contribution in [-0.2, 0) is 0 Å². The van der Waals surface area contributed by atoms with Gasteiger partial charge in [0.1, 0.15) is 12.4 Å². The zero-order chi connectivity index (χ0) is 12.1. The van der Waals surface area contributed by atoms with Crippen molar-refractivity contribution in [2.45, 2.75) is 26.7 Å². The third-order valence-corrected chi connectivity index (χ3v) is 3.42. The standard InChI is InChI=1S/C15H23NO/c1-3-16(12-14-8-9-14)10-11-17-15-7-5-4-6-13(15)2/h4-7,14H,3,8-12H2,1-2H3. The van der Waals surface area contributed by atoms with E-state index in [-0.39, 0.29) is 0 Å². The molecule has 0 amide bonds. The van der Waals surface area contributed by atoms with Gasteiger partial charge < -0.3 is 4.74 Å². The number of para-hydroxylation sites is 1. The van der Waals surface area contributed by atoms with Crippen molar-refractivity contribution in [3.05, 3.63) is 29.8 Å². The highest BCUT2D eigenvalue weighted by molar-refractivity contribution is 5.31. The summed E-state index contributed by atoms with van der Waals surface area (Å²) >= 11 is 0. The molecular formula is C15H23NO. The van der Waals surface area contributed by atoms with Crippen LogP contribution in [0.15, 0.2) is 24.3 Å². The van der Waals surface area contributed by atoms with Gasteiger partial charge in [-0.25, -0.2) is 0 Å². The Labute approximate surface area is 105 Å². The molecule has 17 heavy (non-hydrogen) atoms. The van der Waals surface area contributed by atoms with Crippen molar-refractivity contribution < 1.29 is 4.74 Å². The van der Waals surface area contributed by atoms with E-state index in [0.717, 1.165) is 31.4 Å². The van der Waals surface area contributed by atoms with Gasteiger partial charge in [-0.2, -0.15) is 0 Å². The fraction of sp³-hybridized carbons (Fsp3) is 0.600. The fourth-order valence-electron chi connectivity index (χ4n) is 2.05. The van der Waals surface area contributed by atoms with E-state index >= 15 is 0 Å². The Morgan fingerprint density at radius 3 is 2.71 bits per heavy atom. The molecule has 0 saturated heterocycles. The van der Waals surface area contributed by atoms with Gasteiger partial charge in [0.15, 0.2) is 0 Å². The summed E-state index contributed by atoms with van der Waals surface area (Å²) in [7, 11) is 0. The molecule has 1 saturated carbocycles. The van der Waals surface area contributed by atoms with Gasteiger partial charge >= 0.3 is 0 Å². The number of hydrogen-bond acceptors (Lipinski definition) is 2. The lowest BCUT2D eigenvalue weighted by atomic mass is 10.2. The summed E-state index contributed by atoms with van der Waals surface area (Å²) in [6, 6.07) is 8.22. The quantitative estimate of drug-likeness (QED) is 0.717. The van der Waals surface area contributed by atoms with Gasteiger partial charge in [-0.1, -0.05) is 25.1 Å². The second-order valence-corrected chi connectivity index (χ2v) is 4.95. The number of aryl methyl sites for hydroxylation is 1. The summed E-state index contributed by atoms with van der Waals surface area (Å²) in [5, 5.41) is 0. The van der Waals surface area contributed by atoms with E-state index in [1.807, 2.05) is 18.2 Å². The molecule has 0 bridgehead atoms. The summed E-state index contributed by atoms with van der Waals surface area (Å²) in [6.45, 7) is 8.56. The molecule has 0 radical (unpaired) electrons. The van der Waals surface area contributed by atoms with Gasteiger partial charge in [-0.15, -0.1) is 0 Å². The van der Waals surface area contributed by atoms with E-state index in [0.29, 0.717) is 0 Å². The number of rotatable bonds is 7. The van der Waals surface area contributed by atoms with E-state index in [4.69, 9.17) is 4.74 Å². The third kappa shape index (κ3) is 4.04. The SMILES string of the molecule is CCN(CCOc1ccccc1C)CC1CC1. The Hall–Kier alpha value is -1.02. The zero-order valence-electron chi connectivity index (χ0n) is 11.0. The summed E-state index contributed by atoms with van der Waals surface area (Å²) < 4.78 is 5.83. The van der Waals surface area contributed by atoms with Crippen LogP contribution in [0.4, 0.5) is 0 Å². The molecule has 1 aliphatic carbocycles. The number of hydrogen-bond donors (Lipinski definition) is 0. The topological polar surface area (TPSA) is 12.5 Å². The minimum absolute atomic E-state index is 0.797. The van der Waals surface area contributed by atoms with Gasteiger partial charge in [-0.3, -0.25) is 4.90 Å². The van der Waals surface area contributed by atoms with Crippen molar-refractivity contribution in [3.63, 3.8) is 0 Å². The number of likely N-dealkylation sites (N-methyl/N-ethyl adjacent to an activating group) is 1. The summed E-state index contributed by atoms with van der Waals surface area (Å²) in [4.78, 5) is 2.50. The molecule has 94 valence electrons. The van der Waals surface area contributed by atoms with E-state index < -0.39 is 0 Å². The molecule has 2 rings (SSSR count). The van der Waals surface area contributed by atoms with Gasteiger partial charge in [-0.05, 0) is 43.9 Å². The first kappa shape index (κ1) is 12.4. The molecule has 0 aliphatic heterocycles. The summed E-state index contributed by atoms with van der Waals surface area (Å²) in [6.07, 6.45) is 2.85. The van der Waals surface area contributed by atoms with Crippen molar-refractivity contribution in [1.29, 1.82) is 0 Å². The Morgan fingerprint density at radius 1 is 1.29 bits per heavy atom. The van der Waals surface area contributed by atoms with Gasteiger partial charge in [0.25, 0.3) is 0 Å². The maximum atomic E-state index is 5.83. The Balaban J connectivity index is 1.72. The molecule has 2 heteroatoms. The summed E-state index contributed by atoms with van der Waals surface area (Å²) in [5.41, 5.74) is 1.22. The first-order chi connectivity index (χ1) is 8.29. The molecule has 1 aromatic carbocycles. The lowest BCUT2D eigenvalue weighted by Gasteiger charge is -2.20. The van der Waals surface area contributed by atoms with Gasteiger partial charge in [0, 0.05) is 13.1 Å². The van der Waals surface area contributed by atoms with Crippen molar-refractivity contribution in [2.24, 2.45) is 5.92 Å².